The zero-order valence-electron chi connectivity index (χ0n) is 5.57. The average molecular weight is 216 g/mol. The van der Waals surface area contributed by atoms with Gasteiger partial charge in [-0.3, -0.25) is 0 Å². The van der Waals surface area contributed by atoms with Gasteiger partial charge in [-0.1, -0.05) is 5.16 Å². The van der Waals surface area contributed by atoms with Gasteiger partial charge in [0.1, 0.15) is 5.76 Å². The van der Waals surface area contributed by atoms with Crippen LogP contribution in [0.1, 0.15) is 5.76 Å². The number of furan rings is 1. The topological polar surface area (TPSA) is 45.7 Å². The molecule has 0 aromatic carbocycles. The van der Waals surface area contributed by atoms with Crippen LogP contribution in [0.15, 0.2) is 32.5 Å². The highest BCUT2D eigenvalue weighted by Crippen LogP contribution is 2.14. The molecule has 0 spiro atoms. The lowest BCUT2D eigenvalue weighted by atomic mass is 10.4. The summed E-state index contributed by atoms with van der Waals surface area (Å²) in [7, 11) is 0. The summed E-state index contributed by atoms with van der Waals surface area (Å²) in [6.45, 7) is 0. The van der Waals surface area contributed by atoms with E-state index in [-0.39, 0.29) is 0 Å². The monoisotopic (exact) mass is 215 g/mol. The van der Waals surface area contributed by atoms with E-state index in [1.54, 1.807) is 24.3 Å². The van der Waals surface area contributed by atoms with E-state index in [4.69, 9.17) is 9.62 Å². The number of oxime groups is 1. The molecule has 0 aliphatic rings. The van der Waals surface area contributed by atoms with Gasteiger partial charge in [0.05, 0.1) is 6.21 Å². The molecule has 0 atom stereocenters. The molecule has 4 heteroatoms. The minimum Gasteiger partial charge on any atom is -0.450 e. The number of hydrogen-bond acceptors (Lipinski definition) is 3. The SMILES string of the molecule is ON=CC=Cc1ccc(Br)o1. The molecule has 1 rings (SSSR count). The van der Waals surface area contributed by atoms with Gasteiger partial charge in [-0.05, 0) is 40.2 Å². The molecule has 0 aliphatic carbocycles. The first-order valence-corrected chi connectivity index (χ1v) is 3.71. The van der Waals surface area contributed by atoms with Crippen molar-refractivity contribution < 1.29 is 9.62 Å². The van der Waals surface area contributed by atoms with Gasteiger partial charge in [0.15, 0.2) is 4.67 Å². The maximum absolute atomic E-state index is 8.03. The quantitative estimate of drug-likeness (QED) is 0.469. The molecule has 1 aromatic heterocycles. The molecule has 11 heavy (non-hydrogen) atoms. The number of halogens is 1. The van der Waals surface area contributed by atoms with Crippen molar-refractivity contribution in [3.63, 3.8) is 0 Å². The van der Waals surface area contributed by atoms with Gasteiger partial charge in [0, 0.05) is 0 Å². The van der Waals surface area contributed by atoms with Gasteiger partial charge in [0.25, 0.3) is 0 Å². The smallest absolute Gasteiger partial charge is 0.169 e. The lowest BCUT2D eigenvalue weighted by Gasteiger charge is -1.79. The summed E-state index contributed by atoms with van der Waals surface area (Å²) in [5, 5.41) is 10.8. The number of rotatable bonds is 2. The molecule has 1 aromatic rings. The van der Waals surface area contributed by atoms with Crippen molar-refractivity contribution in [3.05, 3.63) is 28.6 Å². The van der Waals surface area contributed by atoms with E-state index in [2.05, 4.69) is 21.1 Å². The Morgan fingerprint density at radius 3 is 2.91 bits per heavy atom. The van der Waals surface area contributed by atoms with Crippen LogP contribution in [0.2, 0.25) is 0 Å². The van der Waals surface area contributed by atoms with Crippen LogP contribution in [-0.2, 0) is 0 Å². The highest BCUT2D eigenvalue weighted by Gasteiger charge is 1.91. The Bertz CT molecular complexity index is 278. The fourth-order valence-corrected chi connectivity index (χ4v) is 0.913. The highest BCUT2D eigenvalue weighted by molar-refractivity contribution is 9.10. The third kappa shape index (κ3) is 2.59. The van der Waals surface area contributed by atoms with Crippen LogP contribution in [0.4, 0.5) is 0 Å². The largest absolute Gasteiger partial charge is 0.450 e. The standard InChI is InChI=1S/C7H6BrNO2/c8-7-4-3-6(11-7)2-1-5-9-10/h1-5,10H. The first-order chi connectivity index (χ1) is 5.33. The molecule has 0 amide bonds. The molecular formula is C7H6BrNO2. The maximum Gasteiger partial charge on any atom is 0.169 e. The minimum atomic E-state index is 0.679. The molecule has 0 saturated heterocycles. The molecular weight excluding hydrogens is 210 g/mol. The van der Waals surface area contributed by atoms with E-state index in [1.165, 1.54) is 6.21 Å². The number of nitrogens with zero attached hydrogens (tertiary/aromatic N) is 1. The van der Waals surface area contributed by atoms with Crippen LogP contribution in [0.5, 0.6) is 0 Å². The predicted molar refractivity (Wildman–Crippen MR) is 45.7 cm³/mol. The molecule has 1 heterocycles. The second-order valence-corrected chi connectivity index (χ2v) is 2.55. The van der Waals surface area contributed by atoms with E-state index in [9.17, 15) is 0 Å². The van der Waals surface area contributed by atoms with Gasteiger partial charge < -0.3 is 9.62 Å². The van der Waals surface area contributed by atoms with Crippen LogP contribution in [0.25, 0.3) is 6.08 Å². The van der Waals surface area contributed by atoms with E-state index in [1.807, 2.05) is 0 Å². The molecule has 58 valence electrons. The van der Waals surface area contributed by atoms with Gasteiger partial charge in [-0.25, -0.2) is 0 Å². The van der Waals surface area contributed by atoms with Gasteiger partial charge >= 0.3 is 0 Å². The Labute approximate surface area is 72.1 Å². The first kappa shape index (κ1) is 8.07. The average Bonchev–Trinajstić information content (AvgIpc) is 2.37. The minimum absolute atomic E-state index is 0.679. The third-order valence-electron chi connectivity index (χ3n) is 1.01. The van der Waals surface area contributed by atoms with Crippen LogP contribution in [0.3, 0.4) is 0 Å². The summed E-state index contributed by atoms with van der Waals surface area (Å²) in [5.41, 5.74) is 0. The Balaban J connectivity index is 2.64. The molecule has 0 fully saturated rings. The van der Waals surface area contributed by atoms with Crippen molar-refractivity contribution in [1.29, 1.82) is 0 Å². The summed E-state index contributed by atoms with van der Waals surface area (Å²) in [6, 6.07) is 3.58. The van der Waals surface area contributed by atoms with E-state index >= 15 is 0 Å². The Kier molecular flexibility index (Phi) is 2.92. The number of hydrogen-bond donors (Lipinski definition) is 1. The van der Waals surface area contributed by atoms with Gasteiger partial charge in [0.2, 0.25) is 0 Å². The Morgan fingerprint density at radius 2 is 2.36 bits per heavy atom. The second-order valence-electron chi connectivity index (χ2n) is 1.77. The molecule has 3 nitrogen and oxygen atoms in total. The second kappa shape index (κ2) is 3.98. The van der Waals surface area contributed by atoms with Crippen molar-refractivity contribution in [1.82, 2.24) is 0 Å². The summed E-state index contributed by atoms with van der Waals surface area (Å²) >= 11 is 3.16. The van der Waals surface area contributed by atoms with Gasteiger partial charge in [-0.15, -0.1) is 0 Å². The van der Waals surface area contributed by atoms with E-state index in [0.717, 1.165) is 0 Å². The zero-order valence-corrected chi connectivity index (χ0v) is 7.15. The highest BCUT2D eigenvalue weighted by atomic mass is 79.9. The fraction of sp³-hybridized carbons (Fsp3) is 0. The lowest BCUT2D eigenvalue weighted by Crippen LogP contribution is -1.63. The summed E-state index contributed by atoms with van der Waals surface area (Å²) in [5.74, 6) is 0.705. The predicted octanol–water partition coefficient (Wildman–Crippen LogP) is 2.52. The lowest BCUT2D eigenvalue weighted by molar-refractivity contribution is 0.322. The summed E-state index contributed by atoms with van der Waals surface area (Å²) < 4.78 is 5.80. The normalized spacial score (nSPS) is 11.7. The summed E-state index contributed by atoms with van der Waals surface area (Å²) in [4.78, 5) is 0. The van der Waals surface area contributed by atoms with Crippen molar-refractivity contribution in [3.8, 4) is 0 Å². The van der Waals surface area contributed by atoms with Crippen molar-refractivity contribution in [2.75, 3.05) is 0 Å². The van der Waals surface area contributed by atoms with Crippen molar-refractivity contribution >= 4 is 28.2 Å². The third-order valence-corrected chi connectivity index (χ3v) is 1.43. The van der Waals surface area contributed by atoms with E-state index in [0.29, 0.717) is 10.4 Å². The zero-order chi connectivity index (χ0) is 8.10. The Morgan fingerprint density at radius 1 is 1.55 bits per heavy atom. The van der Waals surface area contributed by atoms with Crippen LogP contribution in [0, 0.1) is 0 Å². The molecule has 0 radical (unpaired) electrons. The van der Waals surface area contributed by atoms with Crippen LogP contribution in [-0.4, -0.2) is 11.4 Å². The van der Waals surface area contributed by atoms with Crippen molar-refractivity contribution in [2.24, 2.45) is 5.16 Å². The molecule has 1 N–H and O–H groups in total. The van der Waals surface area contributed by atoms with Crippen molar-refractivity contribution in [2.45, 2.75) is 0 Å². The first-order valence-electron chi connectivity index (χ1n) is 2.92. The fourth-order valence-electron chi connectivity index (χ4n) is 0.594. The molecule has 0 aliphatic heterocycles. The van der Waals surface area contributed by atoms with Gasteiger partial charge in [-0.2, -0.15) is 0 Å². The molecule has 0 saturated carbocycles. The molecule has 0 bridgehead atoms. The summed E-state index contributed by atoms with van der Waals surface area (Å²) in [6.07, 6.45) is 4.52. The Hall–Kier alpha value is -1.03. The van der Waals surface area contributed by atoms with Crippen LogP contribution >= 0.6 is 15.9 Å². The maximum atomic E-state index is 8.03. The molecule has 0 unspecified atom stereocenters. The van der Waals surface area contributed by atoms with Crippen LogP contribution < -0.4 is 0 Å². The number of allylic oxidation sites excluding steroid dienone is 1. The van der Waals surface area contributed by atoms with E-state index < -0.39 is 0 Å².